The van der Waals surface area contributed by atoms with Crippen LogP contribution in [0.2, 0.25) is 0 Å². The van der Waals surface area contributed by atoms with Crippen LogP contribution in [0.5, 0.6) is 0 Å². The van der Waals surface area contributed by atoms with Crippen LogP contribution in [-0.4, -0.2) is 65.2 Å². The van der Waals surface area contributed by atoms with Gasteiger partial charge in [-0.25, -0.2) is 4.79 Å². The summed E-state index contributed by atoms with van der Waals surface area (Å²) in [6.07, 6.45) is 8.33. The number of carbonyl (C=O) groups is 2. The Morgan fingerprint density at radius 2 is 1.81 bits per heavy atom. The van der Waals surface area contributed by atoms with Gasteiger partial charge in [0.15, 0.2) is 0 Å². The first-order chi connectivity index (χ1) is 20.4. The molecule has 1 spiro atoms. The molecule has 9 heteroatoms. The van der Waals surface area contributed by atoms with E-state index in [0.717, 1.165) is 56.9 Å². The largest absolute Gasteiger partial charge is 0.444 e. The number of hydrogen-bond donors (Lipinski definition) is 0. The van der Waals surface area contributed by atoms with E-state index in [2.05, 4.69) is 27.7 Å². The zero-order valence-electron chi connectivity index (χ0n) is 27.2. The molecule has 1 aromatic carbocycles. The van der Waals surface area contributed by atoms with Crippen molar-refractivity contribution >= 4 is 12.0 Å². The molecule has 6 atom stereocenters. The van der Waals surface area contributed by atoms with Crippen LogP contribution in [0.3, 0.4) is 0 Å². The van der Waals surface area contributed by atoms with E-state index >= 15 is 0 Å². The zero-order chi connectivity index (χ0) is 31.4. The van der Waals surface area contributed by atoms with Gasteiger partial charge in [0.05, 0.1) is 11.5 Å². The predicted octanol–water partition coefficient (Wildman–Crippen LogP) is 7.06. The lowest BCUT2D eigenvalue weighted by atomic mass is 9.62. The first-order valence-electron chi connectivity index (χ1n) is 16.4. The normalized spacial score (nSPS) is 28.8. The van der Waals surface area contributed by atoms with E-state index in [1.54, 1.807) is 14.1 Å². The average molecular weight is 600 g/mol. The molecule has 0 radical (unpaired) electrons. The summed E-state index contributed by atoms with van der Waals surface area (Å²) in [5, 5.41) is 12.0. The van der Waals surface area contributed by atoms with E-state index in [-0.39, 0.29) is 28.3 Å². The summed E-state index contributed by atoms with van der Waals surface area (Å²) < 4.78 is 13.0. The van der Waals surface area contributed by atoms with Crippen LogP contribution in [0.4, 0.5) is 4.79 Å². The van der Waals surface area contributed by atoms with Crippen LogP contribution in [0.15, 0.2) is 30.3 Å². The van der Waals surface area contributed by atoms with Crippen molar-refractivity contribution in [3.8, 4) is 0 Å². The molecule has 0 aromatic heterocycles. The van der Waals surface area contributed by atoms with E-state index in [4.69, 9.17) is 9.47 Å². The third kappa shape index (κ3) is 6.57. The monoisotopic (exact) mass is 599 g/mol. The highest BCUT2D eigenvalue weighted by Gasteiger charge is 2.70. The second-order valence-electron chi connectivity index (χ2n) is 14.2. The molecule has 240 valence electrons. The lowest BCUT2D eigenvalue weighted by Crippen LogP contribution is -2.63. The van der Waals surface area contributed by atoms with Crippen molar-refractivity contribution in [2.75, 3.05) is 20.6 Å². The third-order valence-corrected chi connectivity index (χ3v) is 11.4. The van der Waals surface area contributed by atoms with Gasteiger partial charge in [0.25, 0.3) is 0 Å². The van der Waals surface area contributed by atoms with Crippen molar-refractivity contribution in [1.29, 1.82) is 0 Å². The molecular formula is C34H53N3O6. The fourth-order valence-corrected chi connectivity index (χ4v) is 8.47. The SMILES string of the molecule is CCCCCC[C@@H](C[N+](=O)[O-])[C@H](C(=O)N(C)C)N(C(=O)OCc1ccccc1)[C@H]1CCC[C@]2(C[C@H]3CC[C@]2(C)C3(C)C)O1. The Hall–Kier alpha value is -2.68. The van der Waals surface area contributed by atoms with Crippen LogP contribution in [0, 0.1) is 32.8 Å². The molecule has 43 heavy (non-hydrogen) atoms. The number of likely N-dealkylation sites (N-methyl/N-ethyl adjacent to an activating group) is 1. The van der Waals surface area contributed by atoms with E-state index < -0.39 is 36.4 Å². The second kappa shape index (κ2) is 13.5. The van der Waals surface area contributed by atoms with Crippen LogP contribution in [0.25, 0.3) is 0 Å². The minimum atomic E-state index is -1.06. The maximum atomic E-state index is 14.2. The molecule has 9 nitrogen and oxygen atoms in total. The molecule has 2 amide bonds. The fraction of sp³-hybridized carbons (Fsp3) is 0.765. The molecule has 3 aliphatic rings. The third-order valence-electron chi connectivity index (χ3n) is 11.4. The van der Waals surface area contributed by atoms with Crippen molar-refractivity contribution in [1.82, 2.24) is 9.80 Å². The highest BCUT2D eigenvalue weighted by atomic mass is 16.6. The van der Waals surface area contributed by atoms with E-state index in [1.807, 2.05) is 30.3 Å². The van der Waals surface area contributed by atoms with Gasteiger partial charge in [-0.15, -0.1) is 0 Å². The molecule has 0 N–H and O–H groups in total. The summed E-state index contributed by atoms with van der Waals surface area (Å²) in [5.41, 5.74) is 0.451. The van der Waals surface area contributed by atoms with E-state index in [1.165, 1.54) is 16.2 Å². The maximum absolute atomic E-state index is 14.2. The Bertz CT molecular complexity index is 1130. The van der Waals surface area contributed by atoms with E-state index in [0.29, 0.717) is 18.8 Å². The Labute approximate surface area is 257 Å². The number of amides is 2. The number of benzene rings is 1. The summed E-state index contributed by atoms with van der Waals surface area (Å²) >= 11 is 0. The molecular weight excluding hydrogens is 546 g/mol. The Kier molecular flexibility index (Phi) is 10.5. The molecule has 1 aromatic rings. The standard InChI is InChI=1S/C34H53N3O6/c1-7-8-9-13-17-26(23-36(40)41)29(30(38)35(5)6)37(31(39)42-24-25-15-11-10-12-16-25)28-18-14-20-34(43-28)22-27-19-21-33(34,4)32(27,2)3/h10-12,15-16,26-29H,7-9,13-14,17-24H2,1-6H3/t26-,27+,28+,29+,33+,34+/m0/s1. The van der Waals surface area contributed by atoms with Crippen molar-refractivity contribution in [3.63, 3.8) is 0 Å². The van der Waals surface area contributed by atoms with Gasteiger partial charge in [0.1, 0.15) is 18.9 Å². The van der Waals surface area contributed by atoms with Gasteiger partial charge in [0, 0.05) is 24.4 Å². The highest BCUT2D eigenvalue weighted by Crippen LogP contribution is 2.72. The van der Waals surface area contributed by atoms with Crippen molar-refractivity contribution in [2.45, 2.75) is 123 Å². The van der Waals surface area contributed by atoms with Crippen LogP contribution in [-0.2, 0) is 20.9 Å². The van der Waals surface area contributed by atoms with Gasteiger partial charge in [-0.05, 0) is 61.8 Å². The predicted molar refractivity (Wildman–Crippen MR) is 166 cm³/mol. The summed E-state index contributed by atoms with van der Waals surface area (Å²) in [4.78, 5) is 42.8. The molecule has 2 aliphatic carbocycles. The quantitative estimate of drug-likeness (QED) is 0.137. The number of nitrogens with zero attached hydrogens (tertiary/aromatic N) is 3. The van der Waals surface area contributed by atoms with Gasteiger partial charge in [-0.3, -0.25) is 19.8 Å². The topological polar surface area (TPSA) is 102 Å². The highest BCUT2D eigenvalue weighted by molar-refractivity contribution is 5.86. The van der Waals surface area contributed by atoms with Crippen molar-refractivity contribution < 1.29 is 24.0 Å². The van der Waals surface area contributed by atoms with Gasteiger partial charge >= 0.3 is 6.09 Å². The van der Waals surface area contributed by atoms with Crippen LogP contribution >= 0.6 is 0 Å². The zero-order valence-corrected chi connectivity index (χ0v) is 27.2. The molecule has 4 rings (SSSR count). The molecule has 3 fully saturated rings. The smallest absolute Gasteiger partial charge is 0.412 e. The lowest BCUT2D eigenvalue weighted by Gasteiger charge is -2.54. The van der Waals surface area contributed by atoms with Crippen LogP contribution < -0.4 is 0 Å². The summed E-state index contributed by atoms with van der Waals surface area (Å²) in [6, 6.07) is 8.37. The van der Waals surface area contributed by atoms with Crippen LogP contribution in [0.1, 0.15) is 104 Å². The summed E-state index contributed by atoms with van der Waals surface area (Å²) in [5.74, 6) is -0.462. The summed E-state index contributed by atoms with van der Waals surface area (Å²) in [7, 11) is 3.29. The molecule has 2 saturated carbocycles. The first kappa shape index (κ1) is 33.2. The van der Waals surface area contributed by atoms with E-state index in [9.17, 15) is 19.7 Å². The number of ether oxygens (including phenoxy) is 2. The van der Waals surface area contributed by atoms with Gasteiger partial charge < -0.3 is 14.4 Å². The second-order valence-corrected chi connectivity index (χ2v) is 14.2. The molecule has 2 bridgehead atoms. The molecule has 1 saturated heterocycles. The minimum Gasteiger partial charge on any atom is -0.444 e. The molecule has 0 unspecified atom stereocenters. The average Bonchev–Trinajstić information content (AvgIpc) is 3.28. The van der Waals surface area contributed by atoms with Gasteiger partial charge in [-0.2, -0.15) is 0 Å². The van der Waals surface area contributed by atoms with Gasteiger partial charge in [0.2, 0.25) is 12.5 Å². The summed E-state index contributed by atoms with van der Waals surface area (Å²) in [6.45, 7) is 8.79. The van der Waals surface area contributed by atoms with Crippen molar-refractivity contribution in [2.24, 2.45) is 22.7 Å². The number of rotatable bonds is 13. The number of carbonyl (C=O) groups excluding carboxylic acids is 2. The number of nitro groups is 1. The Balaban J connectivity index is 1.72. The molecule has 1 aliphatic heterocycles. The Morgan fingerprint density at radius 3 is 2.40 bits per heavy atom. The number of unbranched alkanes of at least 4 members (excludes halogenated alkanes) is 3. The minimum absolute atomic E-state index is 0.0418. The van der Waals surface area contributed by atoms with Gasteiger partial charge in [-0.1, -0.05) is 83.7 Å². The molecule has 1 heterocycles. The fourth-order valence-electron chi connectivity index (χ4n) is 8.47. The Morgan fingerprint density at radius 1 is 1.09 bits per heavy atom. The maximum Gasteiger partial charge on any atom is 0.412 e. The van der Waals surface area contributed by atoms with Crippen molar-refractivity contribution in [3.05, 3.63) is 46.0 Å². The first-order valence-corrected chi connectivity index (χ1v) is 16.4. The number of hydrogen-bond acceptors (Lipinski definition) is 6. The lowest BCUT2D eigenvalue weighted by molar-refractivity contribution is -0.489. The number of fused-ring (bicyclic) bond motifs is 3.